The molecule has 0 saturated heterocycles. The highest BCUT2D eigenvalue weighted by Crippen LogP contribution is 2.37. The maximum atomic E-state index is 13.0. The van der Waals surface area contributed by atoms with E-state index in [4.69, 9.17) is 14.2 Å². The lowest BCUT2D eigenvalue weighted by Gasteiger charge is -2.22. The Bertz CT molecular complexity index is 1380. The highest BCUT2D eigenvalue weighted by Gasteiger charge is 2.22. The molecule has 0 radical (unpaired) electrons. The number of hydrogen-bond donors (Lipinski definition) is 2. The molecule has 0 bridgehead atoms. The zero-order valence-electron chi connectivity index (χ0n) is 22.0. The van der Waals surface area contributed by atoms with Crippen LogP contribution in [0.15, 0.2) is 54.6 Å². The Morgan fingerprint density at radius 1 is 0.872 bits per heavy atom. The minimum absolute atomic E-state index is 0.0588. The molecule has 0 aliphatic carbocycles. The van der Waals surface area contributed by atoms with Gasteiger partial charge in [-0.3, -0.25) is 19.7 Å². The number of hydrogen-bond acceptors (Lipinski definition) is 8. The van der Waals surface area contributed by atoms with Crippen molar-refractivity contribution in [3.63, 3.8) is 0 Å². The normalized spacial score (nSPS) is 11.9. The van der Waals surface area contributed by atoms with Crippen LogP contribution in [-0.2, 0) is 20.7 Å². The molecule has 1 aliphatic heterocycles. The molecular weight excluding hydrogens is 504 g/mol. The minimum atomic E-state index is -0.501. The molecule has 11 nitrogen and oxygen atoms in total. The number of methoxy groups -OCH3 is 3. The van der Waals surface area contributed by atoms with Crippen LogP contribution in [0.4, 0.5) is 22.7 Å². The zero-order valence-corrected chi connectivity index (χ0v) is 22.0. The van der Waals surface area contributed by atoms with Crippen LogP contribution < -0.4 is 15.4 Å². The molecule has 3 aromatic carbocycles. The van der Waals surface area contributed by atoms with Gasteiger partial charge in [0.2, 0.25) is 5.91 Å². The van der Waals surface area contributed by atoms with Gasteiger partial charge in [-0.15, -0.1) is 0 Å². The van der Waals surface area contributed by atoms with E-state index in [0.29, 0.717) is 54.5 Å². The number of nitrogens with zero attached hydrogens (tertiary/aromatic N) is 2. The van der Waals surface area contributed by atoms with Crippen LogP contribution in [0.3, 0.4) is 0 Å². The van der Waals surface area contributed by atoms with Crippen molar-refractivity contribution in [2.75, 3.05) is 58.3 Å². The molecule has 2 amide bonds. The van der Waals surface area contributed by atoms with Gasteiger partial charge in [0.05, 0.1) is 54.3 Å². The average molecular weight is 535 g/mol. The number of nitro benzene ring substituents is 1. The van der Waals surface area contributed by atoms with Gasteiger partial charge in [0.1, 0.15) is 0 Å². The van der Waals surface area contributed by atoms with Crippen molar-refractivity contribution in [2.24, 2.45) is 0 Å². The van der Waals surface area contributed by atoms with Crippen LogP contribution >= 0.6 is 0 Å². The average Bonchev–Trinajstić information content (AvgIpc) is 3.07. The highest BCUT2D eigenvalue weighted by atomic mass is 16.6. The Labute approximate surface area is 225 Å². The fraction of sp³-hybridized carbons (Fsp3) is 0.286. The lowest BCUT2D eigenvalue weighted by Crippen LogP contribution is -2.37. The molecule has 1 heterocycles. The number of nitro groups is 1. The van der Waals surface area contributed by atoms with Gasteiger partial charge >= 0.3 is 5.69 Å². The van der Waals surface area contributed by atoms with E-state index in [-0.39, 0.29) is 29.7 Å². The standard InChI is InChI=1S/C28H30N4O7/c1-37-12-10-31(11-13-38-2)27(33)15-18-4-8-22-24(14-18)29-23-16-19(5-7-21(23)28(34)30-22)20-6-9-25(32(35)36)26(17-20)39-3/h4-9,14,16-17,29H,10-13,15H2,1-3H3,(H,30,34). The van der Waals surface area contributed by atoms with Crippen LogP contribution in [0.25, 0.3) is 11.1 Å². The van der Waals surface area contributed by atoms with Crippen molar-refractivity contribution in [2.45, 2.75) is 6.42 Å². The van der Waals surface area contributed by atoms with E-state index in [1.807, 2.05) is 12.1 Å². The quantitative estimate of drug-likeness (QED) is 0.276. The first-order chi connectivity index (χ1) is 18.8. The number of nitrogens with one attached hydrogen (secondary N) is 2. The van der Waals surface area contributed by atoms with E-state index >= 15 is 0 Å². The molecule has 0 aromatic heterocycles. The first kappa shape index (κ1) is 27.6. The van der Waals surface area contributed by atoms with Crippen molar-refractivity contribution >= 4 is 34.6 Å². The Balaban J connectivity index is 1.61. The molecule has 0 unspecified atom stereocenters. The summed E-state index contributed by atoms with van der Waals surface area (Å²) in [4.78, 5) is 38.4. The van der Waals surface area contributed by atoms with Crippen molar-refractivity contribution in [3.8, 4) is 16.9 Å². The number of rotatable bonds is 11. The first-order valence-corrected chi connectivity index (χ1v) is 12.3. The maximum absolute atomic E-state index is 13.0. The van der Waals surface area contributed by atoms with E-state index in [1.54, 1.807) is 55.5 Å². The van der Waals surface area contributed by atoms with Gasteiger partial charge in [-0.1, -0.05) is 12.1 Å². The summed E-state index contributed by atoms with van der Waals surface area (Å²) in [6, 6.07) is 15.3. The van der Waals surface area contributed by atoms with Gasteiger partial charge in [0, 0.05) is 33.4 Å². The molecule has 0 spiro atoms. The third-order valence-electron chi connectivity index (χ3n) is 6.41. The van der Waals surface area contributed by atoms with Crippen molar-refractivity contribution < 1.29 is 28.7 Å². The molecule has 4 rings (SSSR count). The van der Waals surface area contributed by atoms with Crippen molar-refractivity contribution in [1.29, 1.82) is 0 Å². The topological polar surface area (TPSA) is 132 Å². The lowest BCUT2D eigenvalue weighted by molar-refractivity contribution is -0.385. The molecule has 39 heavy (non-hydrogen) atoms. The summed E-state index contributed by atoms with van der Waals surface area (Å²) in [5, 5.41) is 17.5. The Kier molecular flexibility index (Phi) is 8.74. The molecule has 0 fully saturated rings. The van der Waals surface area contributed by atoms with Crippen molar-refractivity contribution in [1.82, 2.24) is 4.90 Å². The van der Waals surface area contributed by atoms with E-state index in [2.05, 4.69) is 10.6 Å². The Morgan fingerprint density at radius 3 is 2.23 bits per heavy atom. The summed E-state index contributed by atoms with van der Waals surface area (Å²) in [5.41, 5.74) is 4.31. The molecular formula is C28H30N4O7. The summed E-state index contributed by atoms with van der Waals surface area (Å²) in [6.45, 7) is 1.77. The summed E-state index contributed by atoms with van der Waals surface area (Å²) < 4.78 is 15.5. The molecule has 0 saturated carbocycles. The van der Waals surface area contributed by atoms with E-state index < -0.39 is 4.92 Å². The fourth-order valence-corrected chi connectivity index (χ4v) is 4.33. The molecule has 11 heteroatoms. The van der Waals surface area contributed by atoms with Gasteiger partial charge in [-0.25, -0.2) is 0 Å². The predicted octanol–water partition coefficient (Wildman–Crippen LogP) is 4.24. The van der Waals surface area contributed by atoms with E-state index in [9.17, 15) is 19.7 Å². The van der Waals surface area contributed by atoms with Crippen LogP contribution in [-0.4, -0.2) is 69.3 Å². The van der Waals surface area contributed by atoms with Crippen molar-refractivity contribution in [3.05, 3.63) is 75.8 Å². The Hall–Kier alpha value is -4.48. The second-order valence-corrected chi connectivity index (χ2v) is 8.91. The second kappa shape index (κ2) is 12.4. The maximum Gasteiger partial charge on any atom is 0.310 e. The zero-order chi connectivity index (χ0) is 27.9. The van der Waals surface area contributed by atoms with Crippen LogP contribution in [0.2, 0.25) is 0 Å². The SMILES string of the molecule is COCCN(CCOC)C(=O)Cc1ccc2c(c1)Nc1cc(-c3ccc([N+](=O)[O-])c(OC)c3)ccc1C(=O)N2. The molecule has 204 valence electrons. The van der Waals surface area contributed by atoms with E-state index in [1.165, 1.54) is 13.2 Å². The number of carbonyl (C=O) groups excluding carboxylic acids is 2. The summed E-state index contributed by atoms with van der Waals surface area (Å²) >= 11 is 0. The lowest BCUT2D eigenvalue weighted by atomic mass is 10.0. The van der Waals surface area contributed by atoms with Gasteiger partial charge in [0.15, 0.2) is 5.75 Å². The highest BCUT2D eigenvalue weighted by molar-refractivity contribution is 6.12. The number of fused-ring (bicyclic) bond motifs is 2. The number of benzene rings is 3. The van der Waals surface area contributed by atoms with Gasteiger partial charge in [0.25, 0.3) is 5.91 Å². The number of amides is 2. The number of carbonyl (C=O) groups is 2. The van der Waals surface area contributed by atoms with Crippen LogP contribution in [0, 0.1) is 10.1 Å². The second-order valence-electron chi connectivity index (χ2n) is 8.91. The van der Waals surface area contributed by atoms with Gasteiger partial charge < -0.3 is 29.7 Å². The van der Waals surface area contributed by atoms with Gasteiger partial charge in [-0.2, -0.15) is 0 Å². The minimum Gasteiger partial charge on any atom is -0.490 e. The first-order valence-electron chi connectivity index (χ1n) is 12.3. The molecule has 3 aromatic rings. The Morgan fingerprint density at radius 2 is 1.56 bits per heavy atom. The fourth-order valence-electron chi connectivity index (χ4n) is 4.33. The number of ether oxygens (including phenoxy) is 3. The van der Waals surface area contributed by atoms with Crippen LogP contribution in [0.5, 0.6) is 5.75 Å². The third kappa shape index (κ3) is 6.33. The monoisotopic (exact) mass is 534 g/mol. The third-order valence-corrected chi connectivity index (χ3v) is 6.41. The van der Waals surface area contributed by atoms with Crippen LogP contribution in [0.1, 0.15) is 15.9 Å². The summed E-state index contributed by atoms with van der Waals surface area (Å²) in [5.74, 6) is -0.197. The summed E-state index contributed by atoms with van der Waals surface area (Å²) in [7, 11) is 4.56. The predicted molar refractivity (Wildman–Crippen MR) is 147 cm³/mol. The summed E-state index contributed by atoms with van der Waals surface area (Å²) in [6.07, 6.45) is 0.172. The molecule has 1 aliphatic rings. The number of anilines is 3. The molecule has 2 N–H and O–H groups in total. The van der Waals surface area contributed by atoms with E-state index in [0.717, 1.165) is 11.1 Å². The van der Waals surface area contributed by atoms with Gasteiger partial charge in [-0.05, 0) is 53.1 Å². The molecule has 0 atom stereocenters. The smallest absolute Gasteiger partial charge is 0.310 e. The largest absolute Gasteiger partial charge is 0.490 e.